The summed E-state index contributed by atoms with van der Waals surface area (Å²) in [7, 11) is 3.31. The normalized spacial score (nSPS) is 10.8. The lowest BCUT2D eigenvalue weighted by molar-refractivity contribution is 0.0600. The zero-order valence-electron chi connectivity index (χ0n) is 17.7. The molecular weight excluding hydrogens is 424 g/mol. The van der Waals surface area contributed by atoms with Gasteiger partial charge in [-0.25, -0.2) is 19.7 Å². The van der Waals surface area contributed by atoms with Gasteiger partial charge in [0.1, 0.15) is 10.5 Å². The van der Waals surface area contributed by atoms with Crippen molar-refractivity contribution in [1.29, 1.82) is 0 Å². The van der Waals surface area contributed by atoms with Gasteiger partial charge in [-0.15, -0.1) is 0 Å². The number of rotatable bonds is 7. The van der Waals surface area contributed by atoms with Gasteiger partial charge in [0.25, 0.3) is 0 Å². The van der Waals surface area contributed by atoms with Crippen molar-refractivity contribution in [2.24, 2.45) is 0 Å². The van der Waals surface area contributed by atoms with E-state index in [1.54, 1.807) is 30.1 Å². The second-order valence-corrected chi connectivity index (χ2v) is 8.05. The molecule has 4 rings (SSSR count). The first-order valence-electron chi connectivity index (χ1n) is 9.89. The maximum atomic E-state index is 11.6. The first-order valence-corrected chi connectivity index (χ1v) is 10.9. The van der Waals surface area contributed by atoms with Crippen LogP contribution < -0.4 is 10.6 Å². The molecule has 2 heterocycles. The lowest BCUT2D eigenvalue weighted by Gasteiger charge is -2.19. The van der Waals surface area contributed by atoms with Gasteiger partial charge in [0.15, 0.2) is 5.65 Å². The van der Waals surface area contributed by atoms with Crippen molar-refractivity contribution in [3.63, 3.8) is 0 Å². The SMILES string of the molecule is COC(=O)c1ccc(N(C)Cc2cnc3nc(N)nc(SCc4ccccc4)c3n2)cc1. The molecule has 2 aromatic carbocycles. The third-order valence-corrected chi connectivity index (χ3v) is 5.82. The molecule has 2 N–H and O–H groups in total. The van der Waals surface area contributed by atoms with Crippen LogP contribution in [0.25, 0.3) is 11.2 Å². The van der Waals surface area contributed by atoms with Crippen LogP contribution in [0, 0.1) is 0 Å². The largest absolute Gasteiger partial charge is 0.465 e. The number of esters is 1. The monoisotopic (exact) mass is 446 g/mol. The smallest absolute Gasteiger partial charge is 0.337 e. The molecule has 4 aromatic rings. The number of anilines is 2. The number of thioether (sulfide) groups is 1. The van der Waals surface area contributed by atoms with E-state index in [1.807, 2.05) is 42.3 Å². The molecule has 8 nitrogen and oxygen atoms in total. The molecule has 0 saturated carbocycles. The zero-order valence-corrected chi connectivity index (χ0v) is 18.5. The van der Waals surface area contributed by atoms with Crippen LogP contribution >= 0.6 is 11.8 Å². The Morgan fingerprint density at radius 1 is 1.06 bits per heavy atom. The Morgan fingerprint density at radius 3 is 2.53 bits per heavy atom. The number of hydrogen-bond acceptors (Lipinski definition) is 9. The molecule has 0 saturated heterocycles. The fraction of sp³-hybridized carbons (Fsp3) is 0.174. The molecule has 0 fully saturated rings. The summed E-state index contributed by atoms with van der Waals surface area (Å²) in [6.07, 6.45) is 1.69. The van der Waals surface area contributed by atoms with E-state index in [0.717, 1.165) is 17.1 Å². The van der Waals surface area contributed by atoms with Crippen molar-refractivity contribution >= 4 is 40.5 Å². The summed E-state index contributed by atoms with van der Waals surface area (Å²) in [4.78, 5) is 31.5. The summed E-state index contributed by atoms with van der Waals surface area (Å²) >= 11 is 1.56. The highest BCUT2D eigenvalue weighted by molar-refractivity contribution is 7.98. The highest BCUT2D eigenvalue weighted by atomic mass is 32.2. The van der Waals surface area contributed by atoms with E-state index in [-0.39, 0.29) is 11.9 Å². The fourth-order valence-electron chi connectivity index (χ4n) is 3.14. The summed E-state index contributed by atoms with van der Waals surface area (Å²) in [5, 5.41) is 0.704. The van der Waals surface area contributed by atoms with Crippen LogP contribution in [0.2, 0.25) is 0 Å². The predicted molar refractivity (Wildman–Crippen MR) is 125 cm³/mol. The van der Waals surface area contributed by atoms with E-state index < -0.39 is 0 Å². The van der Waals surface area contributed by atoms with E-state index in [1.165, 1.54) is 12.7 Å². The molecule has 2 aromatic heterocycles. The lowest BCUT2D eigenvalue weighted by Crippen LogP contribution is -2.18. The van der Waals surface area contributed by atoms with Gasteiger partial charge < -0.3 is 15.4 Å². The average Bonchev–Trinajstić information content (AvgIpc) is 2.83. The van der Waals surface area contributed by atoms with Gasteiger partial charge >= 0.3 is 5.97 Å². The van der Waals surface area contributed by atoms with E-state index in [0.29, 0.717) is 28.3 Å². The molecule has 0 bridgehead atoms. The lowest BCUT2D eigenvalue weighted by atomic mass is 10.2. The summed E-state index contributed by atoms with van der Waals surface area (Å²) in [5.41, 5.74) is 10.4. The highest BCUT2D eigenvalue weighted by Gasteiger charge is 2.13. The topological polar surface area (TPSA) is 107 Å². The Bertz CT molecular complexity index is 1230. The van der Waals surface area contributed by atoms with Gasteiger partial charge in [0.2, 0.25) is 5.95 Å². The summed E-state index contributed by atoms with van der Waals surface area (Å²) in [5.74, 6) is 0.558. The van der Waals surface area contributed by atoms with Gasteiger partial charge in [-0.1, -0.05) is 42.1 Å². The molecule has 9 heteroatoms. The molecule has 0 aliphatic carbocycles. The Morgan fingerprint density at radius 2 is 1.81 bits per heavy atom. The average molecular weight is 447 g/mol. The minimum Gasteiger partial charge on any atom is -0.465 e. The summed E-state index contributed by atoms with van der Waals surface area (Å²) in [6.45, 7) is 0.522. The van der Waals surface area contributed by atoms with Crippen molar-refractivity contribution in [3.05, 3.63) is 77.6 Å². The summed E-state index contributed by atoms with van der Waals surface area (Å²) in [6, 6.07) is 17.3. The molecular formula is C23H22N6O2S. The Balaban J connectivity index is 1.55. The first-order chi connectivity index (χ1) is 15.5. The number of nitrogens with two attached hydrogens (primary N) is 1. The van der Waals surface area contributed by atoms with Crippen molar-refractivity contribution in [1.82, 2.24) is 19.9 Å². The number of carbonyl (C=O) groups is 1. The molecule has 0 radical (unpaired) electrons. The van der Waals surface area contributed by atoms with Crippen LogP contribution in [-0.2, 0) is 17.0 Å². The molecule has 0 unspecified atom stereocenters. The molecule has 0 aliphatic heterocycles. The molecule has 0 spiro atoms. The fourth-order valence-corrected chi connectivity index (χ4v) is 4.07. The number of ether oxygens (including phenoxy) is 1. The number of benzene rings is 2. The van der Waals surface area contributed by atoms with E-state index in [9.17, 15) is 4.79 Å². The van der Waals surface area contributed by atoms with Gasteiger partial charge in [-0.05, 0) is 29.8 Å². The quantitative estimate of drug-likeness (QED) is 0.258. The van der Waals surface area contributed by atoms with Crippen LogP contribution in [-0.4, -0.2) is 40.1 Å². The van der Waals surface area contributed by atoms with Gasteiger partial charge in [-0.3, -0.25) is 0 Å². The number of aromatic nitrogens is 4. The van der Waals surface area contributed by atoms with Crippen LogP contribution in [0.5, 0.6) is 0 Å². The highest BCUT2D eigenvalue weighted by Crippen LogP contribution is 2.27. The number of fused-ring (bicyclic) bond motifs is 1. The summed E-state index contributed by atoms with van der Waals surface area (Å²) < 4.78 is 4.75. The maximum Gasteiger partial charge on any atom is 0.337 e. The van der Waals surface area contributed by atoms with Crippen LogP contribution in [0.1, 0.15) is 21.6 Å². The van der Waals surface area contributed by atoms with Crippen molar-refractivity contribution in [2.75, 3.05) is 24.8 Å². The van der Waals surface area contributed by atoms with E-state index in [4.69, 9.17) is 15.5 Å². The number of nitrogen functional groups attached to an aromatic ring is 1. The Labute approximate surface area is 189 Å². The van der Waals surface area contributed by atoms with Gasteiger partial charge in [0, 0.05) is 18.5 Å². The van der Waals surface area contributed by atoms with Gasteiger partial charge in [-0.2, -0.15) is 4.98 Å². The zero-order chi connectivity index (χ0) is 22.5. The standard InChI is InChI=1S/C23H22N6O2S/c1-29(18-10-8-16(9-11-18)22(30)31-2)13-17-12-25-20-19(26-17)21(28-23(24)27-20)32-14-15-6-4-3-5-7-15/h3-12H,13-14H2,1-2H3,(H2,24,25,27,28). The van der Waals surface area contributed by atoms with Crippen LogP contribution in [0.15, 0.2) is 65.8 Å². The number of nitrogens with zero attached hydrogens (tertiary/aromatic N) is 5. The van der Waals surface area contributed by atoms with Crippen molar-refractivity contribution in [3.8, 4) is 0 Å². The molecule has 0 atom stereocenters. The predicted octanol–water partition coefficient (Wildman–Crippen LogP) is 3.72. The van der Waals surface area contributed by atoms with Gasteiger partial charge in [0.05, 0.1) is 31.1 Å². The molecule has 162 valence electrons. The van der Waals surface area contributed by atoms with Crippen LogP contribution in [0.3, 0.4) is 0 Å². The van der Waals surface area contributed by atoms with E-state index in [2.05, 4.69) is 27.1 Å². The Kier molecular flexibility index (Phi) is 6.46. The molecule has 0 amide bonds. The third-order valence-electron chi connectivity index (χ3n) is 4.79. The first kappa shape index (κ1) is 21.5. The number of methoxy groups -OCH3 is 1. The Hall–Kier alpha value is -3.72. The second kappa shape index (κ2) is 9.61. The third kappa shape index (κ3) is 4.94. The van der Waals surface area contributed by atoms with Crippen molar-refractivity contribution < 1.29 is 9.53 Å². The van der Waals surface area contributed by atoms with Crippen molar-refractivity contribution in [2.45, 2.75) is 17.3 Å². The second-order valence-electron chi connectivity index (χ2n) is 7.09. The van der Waals surface area contributed by atoms with E-state index >= 15 is 0 Å². The molecule has 0 aliphatic rings. The van der Waals surface area contributed by atoms with Crippen LogP contribution in [0.4, 0.5) is 11.6 Å². The minimum absolute atomic E-state index is 0.179. The maximum absolute atomic E-state index is 11.6. The number of carbonyl (C=O) groups excluding carboxylic acids is 1. The number of hydrogen-bond donors (Lipinski definition) is 1. The molecule has 32 heavy (non-hydrogen) atoms. The minimum atomic E-state index is -0.362.